The molecule has 0 aromatic carbocycles. The number of rotatable bonds is 4. The summed E-state index contributed by atoms with van der Waals surface area (Å²) in [4.78, 5) is 20.0. The van der Waals surface area contributed by atoms with Gasteiger partial charge in [-0.15, -0.1) is 11.3 Å². The van der Waals surface area contributed by atoms with Gasteiger partial charge in [0.1, 0.15) is 5.69 Å². The number of hydrogen-bond donors (Lipinski definition) is 0. The Morgan fingerprint density at radius 2 is 2.19 bits per heavy atom. The van der Waals surface area contributed by atoms with Gasteiger partial charge >= 0.3 is 0 Å². The van der Waals surface area contributed by atoms with Crippen LogP contribution in [0.1, 0.15) is 46.0 Å². The van der Waals surface area contributed by atoms with Crippen molar-refractivity contribution in [3.05, 3.63) is 32.5 Å². The Morgan fingerprint density at radius 3 is 2.71 bits per heavy atom. The van der Waals surface area contributed by atoms with Crippen LogP contribution in [0.15, 0.2) is 6.20 Å². The fraction of sp³-hybridized carbons (Fsp3) is 0.500. The summed E-state index contributed by atoms with van der Waals surface area (Å²) < 4.78 is 1.62. The number of carbonyl (C=O) groups is 1. The van der Waals surface area contributed by atoms with Gasteiger partial charge in [-0.1, -0.05) is 11.6 Å². The van der Waals surface area contributed by atoms with Crippen molar-refractivity contribution >= 4 is 28.8 Å². The fourth-order valence-electron chi connectivity index (χ4n) is 2.27. The predicted octanol–water partition coefficient (Wildman–Crippen LogP) is 3.46. The van der Waals surface area contributed by atoms with E-state index in [4.69, 9.17) is 11.6 Å². The van der Waals surface area contributed by atoms with E-state index >= 15 is 0 Å². The zero-order chi connectivity index (χ0) is 15.7. The Morgan fingerprint density at radius 1 is 1.52 bits per heavy atom. The average molecular weight is 327 g/mol. The number of thiazole rings is 1. The van der Waals surface area contributed by atoms with Crippen LogP contribution >= 0.6 is 22.9 Å². The molecule has 0 aliphatic rings. The summed E-state index contributed by atoms with van der Waals surface area (Å²) in [6, 6.07) is -0.112. The van der Waals surface area contributed by atoms with Crippen LogP contribution in [0.4, 0.5) is 0 Å². The maximum Gasteiger partial charge on any atom is 0.273 e. The van der Waals surface area contributed by atoms with Gasteiger partial charge in [-0.25, -0.2) is 4.98 Å². The van der Waals surface area contributed by atoms with Crippen molar-refractivity contribution in [2.75, 3.05) is 7.05 Å². The number of carbonyl (C=O) groups excluding carboxylic acids is 1. The van der Waals surface area contributed by atoms with Gasteiger partial charge < -0.3 is 4.90 Å². The topological polar surface area (TPSA) is 51.0 Å². The van der Waals surface area contributed by atoms with Gasteiger partial charge in [0.25, 0.3) is 5.91 Å². The quantitative estimate of drug-likeness (QED) is 0.864. The minimum absolute atomic E-state index is 0.112. The van der Waals surface area contributed by atoms with Crippen LogP contribution in [-0.2, 0) is 6.54 Å². The fourth-order valence-corrected chi connectivity index (χ4v) is 3.40. The van der Waals surface area contributed by atoms with Crippen molar-refractivity contribution in [3.8, 4) is 0 Å². The molecule has 1 atom stereocenters. The highest BCUT2D eigenvalue weighted by atomic mass is 35.5. The van der Waals surface area contributed by atoms with E-state index in [2.05, 4.69) is 10.1 Å². The maximum atomic E-state index is 12.7. The van der Waals surface area contributed by atoms with E-state index in [1.54, 1.807) is 28.0 Å². The van der Waals surface area contributed by atoms with Crippen LogP contribution in [0.25, 0.3) is 0 Å². The van der Waals surface area contributed by atoms with Crippen LogP contribution in [-0.4, -0.2) is 32.6 Å². The van der Waals surface area contributed by atoms with E-state index in [1.807, 2.05) is 27.7 Å². The minimum atomic E-state index is -0.142. The molecule has 0 spiro atoms. The molecule has 7 heteroatoms. The van der Waals surface area contributed by atoms with E-state index in [-0.39, 0.29) is 11.9 Å². The SMILES string of the molecule is CCn1ncc(Cl)c1C(=O)N(C)C(C)c1nc(C)sc1C. The van der Waals surface area contributed by atoms with E-state index in [1.165, 1.54) is 6.20 Å². The summed E-state index contributed by atoms with van der Waals surface area (Å²) in [5.41, 5.74) is 1.37. The lowest BCUT2D eigenvalue weighted by Crippen LogP contribution is -2.32. The monoisotopic (exact) mass is 326 g/mol. The first-order valence-corrected chi connectivity index (χ1v) is 7.98. The largest absolute Gasteiger partial charge is 0.332 e. The molecule has 2 aromatic heterocycles. The lowest BCUT2D eigenvalue weighted by atomic mass is 10.2. The highest BCUT2D eigenvalue weighted by Gasteiger charge is 2.26. The first kappa shape index (κ1) is 16.0. The molecule has 1 amide bonds. The molecule has 0 saturated carbocycles. The number of halogens is 1. The molecule has 0 bridgehead atoms. The second-order valence-electron chi connectivity index (χ2n) is 4.92. The molecule has 0 aliphatic heterocycles. The van der Waals surface area contributed by atoms with Crippen LogP contribution < -0.4 is 0 Å². The minimum Gasteiger partial charge on any atom is -0.332 e. The molecule has 0 fully saturated rings. The lowest BCUT2D eigenvalue weighted by Gasteiger charge is -2.24. The van der Waals surface area contributed by atoms with Crippen molar-refractivity contribution in [3.63, 3.8) is 0 Å². The zero-order valence-electron chi connectivity index (χ0n) is 12.8. The van der Waals surface area contributed by atoms with Crippen LogP contribution in [0.5, 0.6) is 0 Å². The highest BCUT2D eigenvalue weighted by Crippen LogP contribution is 2.28. The van der Waals surface area contributed by atoms with Crippen molar-refractivity contribution in [2.24, 2.45) is 0 Å². The van der Waals surface area contributed by atoms with Gasteiger partial charge in [0.15, 0.2) is 0 Å². The first-order valence-electron chi connectivity index (χ1n) is 6.79. The Kier molecular flexibility index (Phi) is 4.68. The normalized spacial score (nSPS) is 12.5. The van der Waals surface area contributed by atoms with E-state index in [0.29, 0.717) is 17.3 Å². The summed E-state index contributed by atoms with van der Waals surface area (Å²) in [5.74, 6) is -0.142. The maximum absolute atomic E-state index is 12.7. The number of hydrogen-bond acceptors (Lipinski definition) is 4. The van der Waals surface area contributed by atoms with Crippen molar-refractivity contribution in [1.29, 1.82) is 0 Å². The van der Waals surface area contributed by atoms with Gasteiger partial charge in [0.2, 0.25) is 0 Å². The van der Waals surface area contributed by atoms with E-state index in [9.17, 15) is 4.79 Å². The third-order valence-electron chi connectivity index (χ3n) is 3.53. The zero-order valence-corrected chi connectivity index (χ0v) is 14.4. The Labute approximate surface area is 133 Å². The molecule has 21 heavy (non-hydrogen) atoms. The van der Waals surface area contributed by atoms with Crippen LogP contribution in [0.2, 0.25) is 5.02 Å². The summed E-state index contributed by atoms with van der Waals surface area (Å²) in [7, 11) is 1.77. The van der Waals surface area contributed by atoms with Crippen molar-refractivity contribution in [2.45, 2.75) is 40.3 Å². The molecule has 0 radical (unpaired) electrons. The Hall–Kier alpha value is -1.40. The van der Waals surface area contributed by atoms with Crippen LogP contribution in [0, 0.1) is 13.8 Å². The second-order valence-corrected chi connectivity index (χ2v) is 6.74. The molecular formula is C14H19ClN4OS. The molecule has 114 valence electrons. The lowest BCUT2D eigenvalue weighted by molar-refractivity contribution is 0.0727. The molecular weight excluding hydrogens is 308 g/mol. The van der Waals surface area contributed by atoms with Crippen molar-refractivity contribution < 1.29 is 4.79 Å². The van der Waals surface area contributed by atoms with Crippen LogP contribution in [0.3, 0.4) is 0 Å². The van der Waals surface area contributed by atoms with Gasteiger partial charge in [-0.2, -0.15) is 5.10 Å². The standard InChI is InChI=1S/C14H19ClN4OS/c1-6-19-13(11(15)7-16-19)14(20)18(5)8(2)12-9(3)21-10(4)17-12/h7-8H,6H2,1-5H3. The summed E-state index contributed by atoms with van der Waals surface area (Å²) in [6.45, 7) is 8.50. The summed E-state index contributed by atoms with van der Waals surface area (Å²) >= 11 is 7.75. The molecule has 2 aromatic rings. The van der Waals surface area contributed by atoms with Gasteiger partial charge in [-0.3, -0.25) is 9.48 Å². The first-order chi connectivity index (χ1) is 9.86. The molecule has 5 nitrogen and oxygen atoms in total. The smallest absolute Gasteiger partial charge is 0.273 e. The third kappa shape index (κ3) is 2.96. The number of aryl methyl sites for hydroxylation is 3. The Balaban J connectivity index is 2.30. The number of amides is 1. The highest BCUT2D eigenvalue weighted by molar-refractivity contribution is 7.11. The van der Waals surface area contributed by atoms with E-state index in [0.717, 1.165) is 15.6 Å². The molecule has 0 N–H and O–H groups in total. The molecule has 1 unspecified atom stereocenters. The summed E-state index contributed by atoms with van der Waals surface area (Å²) in [5, 5.41) is 5.50. The van der Waals surface area contributed by atoms with Gasteiger partial charge in [-0.05, 0) is 27.7 Å². The van der Waals surface area contributed by atoms with Gasteiger partial charge in [0.05, 0.1) is 28.0 Å². The molecule has 2 heterocycles. The van der Waals surface area contributed by atoms with Gasteiger partial charge in [0, 0.05) is 18.5 Å². The van der Waals surface area contributed by atoms with E-state index < -0.39 is 0 Å². The third-order valence-corrected chi connectivity index (χ3v) is 4.71. The molecule has 2 rings (SSSR count). The van der Waals surface area contributed by atoms with Crippen molar-refractivity contribution in [1.82, 2.24) is 19.7 Å². The number of nitrogens with zero attached hydrogens (tertiary/aromatic N) is 4. The second kappa shape index (κ2) is 6.15. The Bertz CT molecular complexity index is 664. The molecule has 0 aliphatic carbocycles. The summed E-state index contributed by atoms with van der Waals surface area (Å²) in [6.07, 6.45) is 1.51. The number of aromatic nitrogens is 3. The predicted molar refractivity (Wildman–Crippen MR) is 85.0 cm³/mol. The molecule has 0 saturated heterocycles. The average Bonchev–Trinajstić information content (AvgIpc) is 2.98.